The second-order valence-corrected chi connectivity index (χ2v) is 34.9. The van der Waals surface area contributed by atoms with Crippen molar-refractivity contribution in [3.05, 3.63) is 423 Å². The molecule has 2 aliphatic carbocycles. The number of para-hydroxylation sites is 7. The van der Waals surface area contributed by atoms with Crippen molar-refractivity contribution in [1.29, 1.82) is 0 Å². The molecular formula is C118H78N4O4. The fraction of sp³-hybridized carbons (Fsp3) is 0.0508. The Morgan fingerprint density at radius 1 is 0.175 bits per heavy atom. The molecule has 0 spiro atoms. The van der Waals surface area contributed by atoms with E-state index in [1.807, 2.05) is 6.07 Å². The van der Waals surface area contributed by atoms with Gasteiger partial charge in [-0.3, -0.25) is 0 Å². The van der Waals surface area contributed by atoms with Gasteiger partial charge in [0.25, 0.3) is 0 Å². The predicted molar refractivity (Wildman–Crippen MR) is 525 cm³/mol. The Kier molecular flexibility index (Phi) is 15.4. The molecule has 0 amide bonds. The highest BCUT2D eigenvalue weighted by atomic mass is 16.3. The van der Waals surface area contributed by atoms with Crippen molar-refractivity contribution in [1.82, 2.24) is 0 Å². The van der Waals surface area contributed by atoms with Crippen LogP contribution in [0.5, 0.6) is 0 Å². The fourth-order valence-corrected chi connectivity index (χ4v) is 21.6. The number of rotatable bonds is 13. The smallest absolute Gasteiger partial charge is 0.159 e. The maximum atomic E-state index is 7.70. The molecule has 126 heavy (non-hydrogen) atoms. The third-order valence-electron chi connectivity index (χ3n) is 27.3. The Balaban J connectivity index is 0.708. The van der Waals surface area contributed by atoms with E-state index in [-0.39, 0.29) is 10.8 Å². The average molecular weight is 1620 g/mol. The Bertz CT molecular complexity index is 8700. The van der Waals surface area contributed by atoms with Crippen LogP contribution in [0.15, 0.2) is 418 Å². The van der Waals surface area contributed by atoms with Crippen LogP contribution in [0.4, 0.5) is 68.2 Å². The van der Waals surface area contributed by atoms with Crippen LogP contribution in [0.2, 0.25) is 0 Å². The average Bonchev–Trinajstić information content (AvgIpc) is 1.53. The number of furan rings is 4. The van der Waals surface area contributed by atoms with Crippen molar-refractivity contribution in [2.24, 2.45) is 0 Å². The molecule has 0 aliphatic heterocycles. The van der Waals surface area contributed by atoms with E-state index in [4.69, 9.17) is 17.7 Å². The summed E-state index contributed by atoms with van der Waals surface area (Å²) in [5, 5.41) is 16.8. The van der Waals surface area contributed by atoms with Crippen LogP contribution >= 0.6 is 0 Å². The number of hydrogen-bond acceptors (Lipinski definition) is 8. The van der Waals surface area contributed by atoms with Crippen molar-refractivity contribution in [2.75, 3.05) is 19.6 Å². The summed E-state index contributed by atoms with van der Waals surface area (Å²) < 4.78 is 29.5. The summed E-state index contributed by atoms with van der Waals surface area (Å²) in [6, 6.07) is 146. The van der Waals surface area contributed by atoms with Crippen LogP contribution in [0.1, 0.15) is 49.9 Å². The Morgan fingerprint density at radius 3 is 0.968 bits per heavy atom. The zero-order chi connectivity index (χ0) is 83.4. The maximum Gasteiger partial charge on any atom is 0.159 e. The quantitative estimate of drug-likeness (QED) is 0.113. The van der Waals surface area contributed by atoms with E-state index in [2.05, 4.69) is 442 Å². The molecule has 594 valence electrons. The third kappa shape index (κ3) is 10.5. The normalized spacial score (nSPS) is 13.2. The summed E-state index contributed by atoms with van der Waals surface area (Å²) in [6.45, 7) is 9.46. The molecule has 0 bridgehead atoms. The first kappa shape index (κ1) is 71.6. The van der Waals surface area contributed by atoms with Gasteiger partial charge in [-0.1, -0.05) is 295 Å². The van der Waals surface area contributed by atoms with Crippen molar-refractivity contribution >= 4 is 199 Å². The molecule has 0 N–H and O–H groups in total. The maximum absolute atomic E-state index is 7.70. The summed E-state index contributed by atoms with van der Waals surface area (Å²) >= 11 is 0. The van der Waals surface area contributed by atoms with Crippen molar-refractivity contribution in [3.8, 4) is 33.4 Å². The molecule has 0 saturated heterocycles. The molecule has 0 fully saturated rings. The van der Waals surface area contributed by atoms with Gasteiger partial charge in [0, 0.05) is 134 Å². The summed E-state index contributed by atoms with van der Waals surface area (Å²) in [5.74, 6) is 0. The number of fused-ring (bicyclic) bond motifs is 26. The van der Waals surface area contributed by atoms with E-state index >= 15 is 0 Å². The predicted octanol–water partition coefficient (Wildman–Crippen LogP) is 34.1. The van der Waals surface area contributed by atoms with Crippen molar-refractivity contribution < 1.29 is 17.7 Å². The molecule has 0 saturated carbocycles. The minimum Gasteiger partial charge on any atom is -0.456 e. The first-order valence-electron chi connectivity index (χ1n) is 43.4. The summed E-state index contributed by atoms with van der Waals surface area (Å²) in [6.07, 6.45) is 0. The SMILES string of the molecule is CC1(C)c2ccccc2-c2ccc(N(c3ccccc3)c3cc4oc5cc(N(c6ccccc6)c6ccc7c(c6)C(C)(C)c6ccccc6-7)c6cc(-c7cc(N(c8ccccc8)c8cc9oc%10cc(N(c%11ccccc%11)c%11cccc%12c%11oc%11ccccc%11%12)c%11ccccc%11c%10c9c9ccccc89)c8oc9ccccc9c8c7)ccc6c5c4c4ccccc34)cc21. The van der Waals surface area contributed by atoms with Crippen LogP contribution in [0.3, 0.4) is 0 Å². The van der Waals surface area contributed by atoms with Crippen molar-refractivity contribution in [2.45, 2.75) is 38.5 Å². The number of benzene rings is 20. The molecule has 0 atom stereocenters. The fourth-order valence-electron chi connectivity index (χ4n) is 21.6. The first-order valence-corrected chi connectivity index (χ1v) is 43.4. The number of anilines is 12. The number of hydrogen-bond donors (Lipinski definition) is 0. The Labute approximate surface area is 726 Å². The molecule has 0 radical (unpaired) electrons. The highest BCUT2D eigenvalue weighted by Crippen LogP contribution is 2.58. The van der Waals surface area contributed by atoms with Gasteiger partial charge in [-0.25, -0.2) is 0 Å². The van der Waals surface area contributed by atoms with Crippen LogP contribution in [0.25, 0.3) is 164 Å². The summed E-state index contributed by atoms with van der Waals surface area (Å²) in [5.41, 5.74) is 29.9. The van der Waals surface area contributed by atoms with Gasteiger partial charge in [0.15, 0.2) is 11.2 Å². The highest BCUT2D eigenvalue weighted by Gasteiger charge is 2.39. The monoisotopic (exact) mass is 1610 g/mol. The zero-order valence-corrected chi connectivity index (χ0v) is 69.5. The van der Waals surface area contributed by atoms with E-state index in [1.54, 1.807) is 0 Å². The minimum absolute atomic E-state index is 0.219. The topological polar surface area (TPSA) is 65.5 Å². The number of nitrogens with zero attached hydrogens (tertiary/aromatic N) is 4. The van der Waals surface area contributed by atoms with Gasteiger partial charge in [-0.05, 0) is 186 Å². The van der Waals surface area contributed by atoms with Crippen LogP contribution in [-0.2, 0) is 10.8 Å². The van der Waals surface area contributed by atoms with Gasteiger partial charge in [-0.15, -0.1) is 0 Å². The van der Waals surface area contributed by atoms with Gasteiger partial charge < -0.3 is 37.3 Å². The van der Waals surface area contributed by atoms with E-state index in [0.717, 1.165) is 210 Å². The lowest BCUT2D eigenvalue weighted by Crippen LogP contribution is -2.16. The summed E-state index contributed by atoms with van der Waals surface area (Å²) in [4.78, 5) is 9.64. The largest absolute Gasteiger partial charge is 0.456 e. The molecule has 8 nitrogen and oxygen atoms in total. The van der Waals surface area contributed by atoms with E-state index in [0.29, 0.717) is 0 Å². The van der Waals surface area contributed by atoms with Crippen LogP contribution in [0, 0.1) is 0 Å². The molecule has 24 aromatic rings. The highest BCUT2D eigenvalue weighted by molar-refractivity contribution is 6.33. The standard InChI is InChI=1S/C118H78N4O4/c1-117(2)95-51-27-23-40-79(95)81-60-57-77(65-97(81)117)119(73-32-9-5-10-33-73)100-67-107-113(88-47-20-17-42-83(88)100)114-91-59-56-71(62-93(91)103(70-110(114)123-107)120(74-34-11-6-12-35-74)78-58-61-82-80-41-24-28-52-96(80)118(3,4)98(82)66-78)72-63-94-87-46-26-30-55-106(87)126-116(94)104(64-72)122(76-38-15-8-16-39-76)102-69-109-112(90-49-22-19-44-85(90)102)111-89-48-21-18-43-84(89)101(68-108(111)124-109)121(75-36-13-7-14-37-75)99-53-31-50-92-86-45-25-29-54-105(86)125-115(92)99/h5-70H,1-4H3. The molecule has 0 unspecified atom stereocenters. The van der Waals surface area contributed by atoms with E-state index in [1.165, 1.54) is 44.5 Å². The Hall–Kier alpha value is -16.2. The lowest BCUT2D eigenvalue weighted by atomic mass is 9.82. The molecular weight excluding hydrogens is 1540 g/mol. The van der Waals surface area contributed by atoms with Gasteiger partial charge in [0.2, 0.25) is 0 Å². The lowest BCUT2D eigenvalue weighted by molar-refractivity contribution is 0.660. The molecule has 4 heterocycles. The van der Waals surface area contributed by atoms with Gasteiger partial charge in [-0.2, -0.15) is 0 Å². The molecule has 8 heteroatoms. The second kappa shape index (κ2) is 27.2. The molecule has 20 aromatic carbocycles. The second-order valence-electron chi connectivity index (χ2n) is 34.9. The lowest BCUT2D eigenvalue weighted by Gasteiger charge is -2.29. The third-order valence-corrected chi connectivity index (χ3v) is 27.3. The van der Waals surface area contributed by atoms with Gasteiger partial charge >= 0.3 is 0 Å². The first-order chi connectivity index (χ1) is 62.0. The van der Waals surface area contributed by atoms with Gasteiger partial charge in [0.05, 0.1) is 34.1 Å². The van der Waals surface area contributed by atoms with E-state index in [9.17, 15) is 0 Å². The zero-order valence-electron chi connectivity index (χ0n) is 69.5. The van der Waals surface area contributed by atoms with Gasteiger partial charge in [0.1, 0.15) is 33.5 Å². The van der Waals surface area contributed by atoms with Crippen LogP contribution in [-0.4, -0.2) is 0 Å². The molecule has 4 aromatic heterocycles. The molecule has 2 aliphatic rings. The van der Waals surface area contributed by atoms with E-state index < -0.39 is 0 Å². The minimum atomic E-state index is -0.278. The van der Waals surface area contributed by atoms with Crippen molar-refractivity contribution in [3.63, 3.8) is 0 Å². The Morgan fingerprint density at radius 2 is 0.508 bits per heavy atom. The molecule has 26 rings (SSSR count). The van der Waals surface area contributed by atoms with Crippen LogP contribution < -0.4 is 19.6 Å². The summed E-state index contributed by atoms with van der Waals surface area (Å²) in [7, 11) is 0.